The lowest BCUT2D eigenvalue weighted by Gasteiger charge is -2.28. The average Bonchev–Trinajstić information content (AvgIpc) is 3.14. The number of hydrogen-bond donors (Lipinski definition) is 2. The molecule has 6 heteroatoms. The van der Waals surface area contributed by atoms with Gasteiger partial charge in [-0.05, 0) is 24.5 Å². The molecule has 0 radical (unpaired) electrons. The van der Waals surface area contributed by atoms with Crippen molar-refractivity contribution in [2.75, 3.05) is 5.32 Å². The van der Waals surface area contributed by atoms with E-state index in [1.165, 1.54) is 0 Å². The van der Waals surface area contributed by atoms with Gasteiger partial charge < -0.3 is 15.2 Å². The van der Waals surface area contributed by atoms with Gasteiger partial charge >= 0.3 is 0 Å². The number of carbonyl (C=O) groups is 2. The molecule has 1 aromatic heterocycles. The molecular weight excluding hydrogens is 292 g/mol. The van der Waals surface area contributed by atoms with Gasteiger partial charge in [-0.15, -0.1) is 0 Å². The summed E-state index contributed by atoms with van der Waals surface area (Å²) in [6.07, 6.45) is 7.35. The highest BCUT2D eigenvalue weighted by Crippen LogP contribution is 2.48. The number of carbonyl (C=O) groups excluding carboxylic acids is 2. The van der Waals surface area contributed by atoms with Gasteiger partial charge in [-0.3, -0.25) is 9.59 Å². The molecule has 0 saturated heterocycles. The second kappa shape index (κ2) is 5.22. The van der Waals surface area contributed by atoms with E-state index < -0.39 is 0 Å². The van der Waals surface area contributed by atoms with Crippen LogP contribution in [0.4, 0.5) is 5.69 Å². The van der Waals surface area contributed by atoms with Gasteiger partial charge in [0.25, 0.3) is 0 Å². The smallest absolute Gasteiger partial charge is 0.228 e. The molecule has 1 fully saturated rings. The molecule has 1 atom stereocenters. The van der Waals surface area contributed by atoms with Crippen LogP contribution in [-0.4, -0.2) is 21.4 Å². The fourth-order valence-corrected chi connectivity index (χ4v) is 3.19. The Morgan fingerprint density at radius 2 is 2.22 bits per heavy atom. The van der Waals surface area contributed by atoms with Gasteiger partial charge in [-0.2, -0.15) is 0 Å². The van der Waals surface area contributed by atoms with Crippen molar-refractivity contribution >= 4 is 17.5 Å². The van der Waals surface area contributed by atoms with Gasteiger partial charge in [0, 0.05) is 24.6 Å². The third-order valence-electron chi connectivity index (χ3n) is 4.68. The zero-order chi connectivity index (χ0) is 15.9. The molecule has 2 aromatic rings. The predicted molar refractivity (Wildman–Crippen MR) is 84.5 cm³/mol. The van der Waals surface area contributed by atoms with Gasteiger partial charge in [0.05, 0.1) is 24.2 Å². The maximum atomic E-state index is 12.8. The van der Waals surface area contributed by atoms with Crippen LogP contribution in [-0.2, 0) is 16.1 Å². The third kappa shape index (κ3) is 2.60. The van der Waals surface area contributed by atoms with Crippen molar-refractivity contribution in [2.24, 2.45) is 5.41 Å². The molecule has 2 N–H and O–H groups in total. The number of anilines is 1. The van der Waals surface area contributed by atoms with E-state index in [9.17, 15) is 9.59 Å². The highest BCUT2D eigenvalue weighted by Gasteiger charge is 2.50. The monoisotopic (exact) mass is 310 g/mol. The molecule has 118 valence electrons. The number of nitrogens with zero attached hydrogens (tertiary/aromatic N) is 2. The summed E-state index contributed by atoms with van der Waals surface area (Å²) in [5, 5.41) is 5.94. The summed E-state index contributed by atoms with van der Waals surface area (Å²) < 4.78 is 1.94. The van der Waals surface area contributed by atoms with Crippen LogP contribution in [0.15, 0.2) is 43.0 Å². The van der Waals surface area contributed by atoms with Crippen molar-refractivity contribution in [2.45, 2.75) is 31.8 Å². The second-order valence-electron chi connectivity index (χ2n) is 6.38. The van der Waals surface area contributed by atoms with Crippen molar-refractivity contribution in [3.05, 3.63) is 48.5 Å². The number of amides is 2. The minimum atomic E-state index is -0.358. The van der Waals surface area contributed by atoms with Gasteiger partial charge in [0.1, 0.15) is 0 Å². The fourth-order valence-electron chi connectivity index (χ4n) is 3.19. The highest BCUT2D eigenvalue weighted by molar-refractivity contribution is 5.95. The van der Waals surface area contributed by atoms with Crippen LogP contribution in [0.2, 0.25) is 0 Å². The number of para-hydroxylation sites is 1. The summed E-state index contributed by atoms with van der Waals surface area (Å²) in [5.41, 5.74) is 1.40. The van der Waals surface area contributed by atoms with Crippen LogP contribution < -0.4 is 10.6 Å². The summed E-state index contributed by atoms with van der Waals surface area (Å²) >= 11 is 0. The molecule has 0 spiro atoms. The lowest BCUT2D eigenvalue weighted by Crippen LogP contribution is -2.40. The molecular formula is C17H18N4O2. The Hall–Kier alpha value is -2.63. The Morgan fingerprint density at radius 3 is 2.96 bits per heavy atom. The topological polar surface area (TPSA) is 76.0 Å². The quantitative estimate of drug-likeness (QED) is 0.905. The molecule has 4 rings (SSSR count). The lowest BCUT2D eigenvalue weighted by molar-refractivity contribution is -0.128. The van der Waals surface area contributed by atoms with Crippen molar-refractivity contribution in [1.82, 2.24) is 14.9 Å². The van der Waals surface area contributed by atoms with Crippen LogP contribution in [0.5, 0.6) is 0 Å². The summed E-state index contributed by atoms with van der Waals surface area (Å²) in [7, 11) is 0. The van der Waals surface area contributed by atoms with E-state index in [-0.39, 0.29) is 29.7 Å². The van der Waals surface area contributed by atoms with Gasteiger partial charge in [-0.25, -0.2) is 4.98 Å². The van der Waals surface area contributed by atoms with Gasteiger partial charge in [-0.1, -0.05) is 18.2 Å². The zero-order valence-corrected chi connectivity index (χ0v) is 12.7. The van der Waals surface area contributed by atoms with Crippen molar-refractivity contribution < 1.29 is 9.59 Å². The molecule has 1 saturated carbocycles. The Labute approximate surface area is 133 Å². The number of nitrogens with one attached hydrogen (secondary N) is 2. The highest BCUT2D eigenvalue weighted by atomic mass is 16.2. The van der Waals surface area contributed by atoms with E-state index in [2.05, 4.69) is 15.6 Å². The van der Waals surface area contributed by atoms with Crippen molar-refractivity contribution in [3.63, 3.8) is 0 Å². The van der Waals surface area contributed by atoms with Crippen LogP contribution in [0.3, 0.4) is 0 Å². The van der Waals surface area contributed by atoms with E-state index in [0.29, 0.717) is 6.54 Å². The number of rotatable bonds is 4. The standard InChI is InChI=1S/C17H18N4O2/c22-15-9-14(12-3-1-2-4-13(12)19-15)20-16(23)17(5-6-17)10-21-8-7-18-11-21/h1-4,7-8,11,14H,5-6,9-10H2,(H,19,22)(H,20,23). The summed E-state index contributed by atoms with van der Waals surface area (Å²) in [6.45, 7) is 0.638. The predicted octanol–water partition coefficient (Wildman–Crippen LogP) is 1.86. The maximum Gasteiger partial charge on any atom is 0.228 e. The van der Waals surface area contributed by atoms with E-state index in [1.807, 2.05) is 35.0 Å². The number of fused-ring (bicyclic) bond motifs is 1. The first-order valence-corrected chi connectivity index (χ1v) is 7.82. The van der Waals surface area contributed by atoms with E-state index in [0.717, 1.165) is 24.1 Å². The lowest BCUT2D eigenvalue weighted by atomic mass is 9.96. The maximum absolute atomic E-state index is 12.8. The summed E-state index contributed by atoms with van der Waals surface area (Å²) in [4.78, 5) is 28.7. The molecule has 1 unspecified atom stereocenters. The van der Waals surface area contributed by atoms with E-state index in [4.69, 9.17) is 0 Å². The minimum Gasteiger partial charge on any atom is -0.348 e. The minimum absolute atomic E-state index is 0.0284. The molecule has 1 aromatic carbocycles. The molecule has 1 aliphatic carbocycles. The first kappa shape index (κ1) is 14.0. The summed E-state index contributed by atoms with van der Waals surface area (Å²) in [6, 6.07) is 7.37. The number of imidazole rings is 1. The van der Waals surface area contributed by atoms with Crippen LogP contribution >= 0.6 is 0 Å². The zero-order valence-electron chi connectivity index (χ0n) is 12.7. The Bertz CT molecular complexity index is 750. The molecule has 23 heavy (non-hydrogen) atoms. The Kier molecular flexibility index (Phi) is 3.18. The number of aromatic nitrogens is 2. The van der Waals surface area contributed by atoms with E-state index >= 15 is 0 Å². The number of hydrogen-bond acceptors (Lipinski definition) is 3. The fraction of sp³-hybridized carbons (Fsp3) is 0.353. The van der Waals surface area contributed by atoms with Crippen LogP contribution in [0.1, 0.15) is 30.9 Å². The Morgan fingerprint density at radius 1 is 1.39 bits per heavy atom. The second-order valence-corrected chi connectivity index (χ2v) is 6.38. The third-order valence-corrected chi connectivity index (χ3v) is 4.68. The van der Waals surface area contributed by atoms with Gasteiger partial charge in [0.2, 0.25) is 11.8 Å². The molecule has 2 aliphatic rings. The van der Waals surface area contributed by atoms with Gasteiger partial charge in [0.15, 0.2) is 0 Å². The summed E-state index contributed by atoms with van der Waals surface area (Å²) in [5.74, 6) is -0.0332. The molecule has 6 nitrogen and oxygen atoms in total. The SMILES string of the molecule is O=C1CC(NC(=O)C2(Cn3ccnc3)CC2)c2ccccc2N1. The van der Waals surface area contributed by atoms with Crippen LogP contribution in [0, 0.1) is 5.41 Å². The van der Waals surface area contributed by atoms with E-state index in [1.54, 1.807) is 12.5 Å². The van der Waals surface area contributed by atoms with Crippen molar-refractivity contribution in [1.29, 1.82) is 0 Å². The average molecular weight is 310 g/mol. The molecule has 2 heterocycles. The van der Waals surface area contributed by atoms with Crippen molar-refractivity contribution in [3.8, 4) is 0 Å². The molecule has 0 bridgehead atoms. The first-order chi connectivity index (χ1) is 11.2. The molecule has 1 aliphatic heterocycles. The Balaban J connectivity index is 1.52. The molecule has 2 amide bonds. The largest absolute Gasteiger partial charge is 0.348 e. The normalized spacial score (nSPS) is 21.2. The number of benzene rings is 1. The van der Waals surface area contributed by atoms with Crippen LogP contribution in [0.25, 0.3) is 0 Å². The first-order valence-electron chi connectivity index (χ1n) is 7.82.